The van der Waals surface area contributed by atoms with Crippen LogP contribution in [0.3, 0.4) is 0 Å². The normalized spacial score (nSPS) is 10.7. The molecule has 0 fully saturated rings. The summed E-state index contributed by atoms with van der Waals surface area (Å²) in [6.07, 6.45) is 0.226. The number of hydrogen-bond donors (Lipinski definition) is 1. The fourth-order valence-electron chi connectivity index (χ4n) is 2.83. The van der Waals surface area contributed by atoms with Gasteiger partial charge in [0.05, 0.1) is 38.1 Å². The zero-order valence-electron chi connectivity index (χ0n) is 18.8. The highest BCUT2D eigenvalue weighted by Gasteiger charge is 2.13. The van der Waals surface area contributed by atoms with Crippen molar-refractivity contribution in [2.24, 2.45) is 0 Å². The molecule has 1 aromatic heterocycles. The summed E-state index contributed by atoms with van der Waals surface area (Å²) in [6, 6.07) is 12.0. The van der Waals surface area contributed by atoms with Crippen LogP contribution in [0.4, 0.5) is 5.69 Å². The van der Waals surface area contributed by atoms with Crippen molar-refractivity contribution < 1.29 is 28.2 Å². The van der Waals surface area contributed by atoms with Crippen LogP contribution in [0.15, 0.2) is 52.1 Å². The van der Waals surface area contributed by atoms with Gasteiger partial charge >= 0.3 is 5.97 Å². The van der Waals surface area contributed by atoms with Crippen LogP contribution in [-0.4, -0.2) is 48.2 Å². The van der Waals surface area contributed by atoms with Gasteiger partial charge in [-0.05, 0) is 55.8 Å². The van der Waals surface area contributed by atoms with E-state index in [-0.39, 0.29) is 17.8 Å². The average molecular weight is 472 g/mol. The number of hydrogen-bond acceptors (Lipinski definition) is 9. The largest absolute Gasteiger partial charge is 0.493 e. The first kappa shape index (κ1) is 24.1. The lowest BCUT2D eigenvalue weighted by Gasteiger charge is -2.09. The van der Waals surface area contributed by atoms with Gasteiger partial charge in [0, 0.05) is 5.69 Å². The lowest BCUT2D eigenvalue weighted by molar-refractivity contribution is -0.113. The fourth-order valence-corrected chi connectivity index (χ4v) is 3.41. The predicted octanol–water partition coefficient (Wildman–Crippen LogP) is 3.97. The number of carbonyl (C=O) groups is 2. The molecule has 1 N–H and O–H groups in total. The number of rotatable bonds is 10. The Balaban J connectivity index is 1.50. The van der Waals surface area contributed by atoms with Gasteiger partial charge in [0.15, 0.2) is 11.5 Å². The Morgan fingerprint density at radius 2 is 1.76 bits per heavy atom. The molecule has 0 saturated heterocycles. The number of benzene rings is 2. The van der Waals surface area contributed by atoms with E-state index in [9.17, 15) is 9.59 Å². The molecule has 1 amide bonds. The molecule has 0 atom stereocenters. The van der Waals surface area contributed by atoms with Gasteiger partial charge in [0.1, 0.15) is 0 Å². The van der Waals surface area contributed by atoms with E-state index >= 15 is 0 Å². The lowest BCUT2D eigenvalue weighted by Crippen LogP contribution is -2.14. The third-order valence-corrected chi connectivity index (χ3v) is 5.14. The summed E-state index contributed by atoms with van der Waals surface area (Å²) < 4.78 is 21.3. The van der Waals surface area contributed by atoms with Crippen molar-refractivity contribution in [1.82, 2.24) is 10.2 Å². The zero-order chi connectivity index (χ0) is 23.8. The van der Waals surface area contributed by atoms with Gasteiger partial charge in [-0.15, -0.1) is 10.2 Å². The number of methoxy groups -OCH3 is 2. The summed E-state index contributed by atoms with van der Waals surface area (Å²) in [7, 11) is 3.15. The third kappa shape index (κ3) is 6.98. The quantitative estimate of drug-likeness (QED) is 0.346. The number of carbonyl (C=O) groups excluding carboxylic acids is 2. The zero-order valence-corrected chi connectivity index (χ0v) is 19.6. The maximum absolute atomic E-state index is 12.2. The van der Waals surface area contributed by atoms with Gasteiger partial charge in [-0.25, -0.2) is 4.79 Å². The molecular formula is C23H25N3O6S. The Hall–Kier alpha value is -3.53. The van der Waals surface area contributed by atoms with Crippen LogP contribution in [0.1, 0.15) is 35.7 Å². The maximum Gasteiger partial charge on any atom is 0.338 e. The molecule has 0 bridgehead atoms. The van der Waals surface area contributed by atoms with Crippen molar-refractivity contribution in [3.63, 3.8) is 0 Å². The minimum absolute atomic E-state index is 0.0924. The number of esters is 1. The van der Waals surface area contributed by atoms with Gasteiger partial charge in [-0.2, -0.15) is 0 Å². The monoisotopic (exact) mass is 471 g/mol. The van der Waals surface area contributed by atoms with E-state index in [0.29, 0.717) is 40.3 Å². The van der Waals surface area contributed by atoms with E-state index in [1.54, 1.807) is 52.3 Å². The van der Waals surface area contributed by atoms with E-state index in [1.165, 1.54) is 0 Å². The van der Waals surface area contributed by atoms with E-state index in [1.807, 2.05) is 18.2 Å². The summed E-state index contributed by atoms with van der Waals surface area (Å²) in [4.78, 5) is 24.1. The summed E-state index contributed by atoms with van der Waals surface area (Å²) in [5.41, 5.74) is 1.91. The second-order valence-electron chi connectivity index (χ2n) is 7.20. The molecule has 0 radical (unpaired) electrons. The van der Waals surface area contributed by atoms with Crippen molar-refractivity contribution in [2.75, 3.05) is 25.3 Å². The number of anilines is 1. The highest BCUT2D eigenvalue weighted by Crippen LogP contribution is 2.28. The Labute approximate surface area is 195 Å². The number of nitrogens with one attached hydrogen (secondary N) is 1. The first-order valence-electron chi connectivity index (χ1n) is 10.1. The Bertz CT molecular complexity index is 1100. The molecule has 9 nitrogen and oxygen atoms in total. The molecule has 3 rings (SSSR count). The number of thioether (sulfide) groups is 1. The Morgan fingerprint density at radius 3 is 2.42 bits per heavy atom. The second-order valence-corrected chi connectivity index (χ2v) is 8.12. The van der Waals surface area contributed by atoms with E-state index in [0.717, 1.165) is 17.3 Å². The van der Waals surface area contributed by atoms with Gasteiger partial charge in [-0.1, -0.05) is 17.8 Å². The van der Waals surface area contributed by atoms with Crippen LogP contribution in [0.5, 0.6) is 11.5 Å². The van der Waals surface area contributed by atoms with Crippen LogP contribution < -0.4 is 14.8 Å². The van der Waals surface area contributed by atoms with Gasteiger partial charge in [0.25, 0.3) is 5.22 Å². The molecule has 3 aromatic rings. The Kier molecular flexibility index (Phi) is 8.31. The molecule has 174 valence electrons. The van der Waals surface area contributed by atoms with Crippen LogP contribution in [0.25, 0.3) is 0 Å². The molecule has 10 heteroatoms. The topological polar surface area (TPSA) is 113 Å². The number of amides is 1. The number of nitrogens with zero attached hydrogens (tertiary/aromatic N) is 2. The van der Waals surface area contributed by atoms with Crippen molar-refractivity contribution >= 4 is 29.3 Å². The predicted molar refractivity (Wildman–Crippen MR) is 123 cm³/mol. The van der Waals surface area contributed by atoms with Crippen molar-refractivity contribution in [3.8, 4) is 11.5 Å². The van der Waals surface area contributed by atoms with Crippen LogP contribution >= 0.6 is 11.8 Å². The number of ether oxygens (including phenoxy) is 3. The summed E-state index contributed by atoms with van der Waals surface area (Å²) in [6.45, 7) is 3.57. The lowest BCUT2D eigenvalue weighted by atomic mass is 10.1. The molecule has 1 heterocycles. The van der Waals surface area contributed by atoms with Crippen LogP contribution in [-0.2, 0) is 16.0 Å². The maximum atomic E-state index is 12.2. The van der Waals surface area contributed by atoms with E-state index in [4.69, 9.17) is 18.6 Å². The van der Waals surface area contributed by atoms with Gasteiger partial charge in [0.2, 0.25) is 11.8 Å². The van der Waals surface area contributed by atoms with E-state index in [2.05, 4.69) is 15.5 Å². The second kappa shape index (κ2) is 11.4. The first-order chi connectivity index (χ1) is 15.9. The molecule has 0 aliphatic heterocycles. The smallest absolute Gasteiger partial charge is 0.338 e. The summed E-state index contributed by atoms with van der Waals surface area (Å²) in [5, 5.41) is 11.1. The van der Waals surface area contributed by atoms with Crippen molar-refractivity contribution in [3.05, 3.63) is 59.5 Å². The number of aromatic nitrogens is 2. The highest BCUT2D eigenvalue weighted by atomic mass is 32.2. The summed E-state index contributed by atoms with van der Waals surface area (Å²) in [5.74, 6) is 1.13. The standard InChI is InChI=1S/C23H25N3O6S/c1-14(2)31-22(28)16-6-8-17(9-7-16)24-20(27)13-33-23-26-25-21(32-23)12-15-5-10-18(29-3)19(11-15)30-4/h5-11,14H,12-13H2,1-4H3,(H,24,27). The molecule has 0 aliphatic carbocycles. The van der Waals surface area contributed by atoms with Crippen LogP contribution in [0, 0.1) is 0 Å². The fraction of sp³-hybridized carbons (Fsp3) is 0.304. The minimum atomic E-state index is -0.404. The van der Waals surface area contributed by atoms with Gasteiger partial charge in [-0.3, -0.25) is 4.79 Å². The molecule has 0 unspecified atom stereocenters. The van der Waals surface area contributed by atoms with Crippen molar-refractivity contribution in [1.29, 1.82) is 0 Å². The van der Waals surface area contributed by atoms with E-state index < -0.39 is 5.97 Å². The highest BCUT2D eigenvalue weighted by molar-refractivity contribution is 7.99. The SMILES string of the molecule is COc1ccc(Cc2nnc(SCC(=O)Nc3ccc(C(=O)OC(C)C)cc3)o2)cc1OC. The van der Waals surface area contributed by atoms with Crippen molar-refractivity contribution in [2.45, 2.75) is 31.6 Å². The molecule has 33 heavy (non-hydrogen) atoms. The molecule has 2 aromatic carbocycles. The summed E-state index contributed by atoms with van der Waals surface area (Å²) >= 11 is 1.14. The molecular weight excluding hydrogens is 446 g/mol. The molecule has 0 saturated carbocycles. The van der Waals surface area contributed by atoms with Crippen LogP contribution in [0.2, 0.25) is 0 Å². The van der Waals surface area contributed by atoms with Gasteiger partial charge < -0.3 is 23.9 Å². The average Bonchev–Trinajstić information content (AvgIpc) is 3.25. The Morgan fingerprint density at radius 1 is 1.03 bits per heavy atom. The molecule has 0 spiro atoms. The minimum Gasteiger partial charge on any atom is -0.493 e. The molecule has 0 aliphatic rings. The first-order valence-corrected chi connectivity index (χ1v) is 11.1. The third-order valence-electron chi connectivity index (χ3n) is 4.33.